The number of carbonyl (C=O) groups is 1. The molecule has 1 aromatic carbocycles. The maximum atomic E-state index is 13.3. The molecule has 0 aliphatic heterocycles. The maximum absolute atomic E-state index is 13.3. The Kier molecular flexibility index (Phi) is 2.58. The number of nitrogens with zero attached hydrogens (tertiary/aromatic N) is 3. The van der Waals surface area contributed by atoms with E-state index in [0.29, 0.717) is 5.69 Å². The third-order valence-corrected chi connectivity index (χ3v) is 2.17. The Morgan fingerprint density at radius 2 is 2.29 bits per heavy atom. The van der Waals surface area contributed by atoms with Crippen LogP contribution in [0.1, 0.15) is 16.1 Å². The first-order chi connectivity index (χ1) is 8.11. The summed E-state index contributed by atoms with van der Waals surface area (Å²) in [5.41, 5.74) is 0.212. The van der Waals surface area contributed by atoms with Crippen molar-refractivity contribution < 1.29 is 14.3 Å². The Morgan fingerprint density at radius 1 is 1.53 bits per heavy atom. The highest BCUT2D eigenvalue weighted by molar-refractivity contribution is 5.85. The molecule has 0 aliphatic carbocycles. The molecule has 0 radical (unpaired) electrons. The van der Waals surface area contributed by atoms with E-state index in [4.69, 9.17) is 10.4 Å². The summed E-state index contributed by atoms with van der Waals surface area (Å²) >= 11 is 0. The van der Waals surface area contributed by atoms with Crippen molar-refractivity contribution in [1.29, 1.82) is 5.26 Å². The zero-order valence-corrected chi connectivity index (χ0v) is 8.46. The monoisotopic (exact) mass is 231 g/mol. The number of rotatable bonds is 2. The third-order valence-electron chi connectivity index (χ3n) is 2.17. The van der Waals surface area contributed by atoms with Gasteiger partial charge in [0, 0.05) is 11.9 Å². The highest BCUT2D eigenvalue weighted by Crippen LogP contribution is 2.14. The molecule has 0 fully saturated rings. The number of nitriles is 1. The van der Waals surface area contributed by atoms with E-state index in [1.165, 1.54) is 29.2 Å². The van der Waals surface area contributed by atoms with Crippen LogP contribution in [0.4, 0.5) is 4.39 Å². The first-order valence-electron chi connectivity index (χ1n) is 4.59. The molecule has 0 saturated carbocycles. The number of carboxylic acid groups (broad SMARTS) is 1. The average Bonchev–Trinajstić information content (AvgIpc) is 2.78. The molecule has 1 N–H and O–H groups in total. The minimum Gasteiger partial charge on any atom is -0.476 e. The molecule has 6 heteroatoms. The smallest absolute Gasteiger partial charge is 0.356 e. The molecule has 2 rings (SSSR count). The summed E-state index contributed by atoms with van der Waals surface area (Å²) in [6.45, 7) is 0. The molecule has 84 valence electrons. The van der Waals surface area contributed by atoms with Crippen LogP contribution in [0.15, 0.2) is 30.7 Å². The molecule has 0 spiro atoms. The molecule has 2 aromatic rings. The van der Waals surface area contributed by atoms with Gasteiger partial charge >= 0.3 is 5.97 Å². The third kappa shape index (κ3) is 1.99. The fourth-order valence-electron chi connectivity index (χ4n) is 1.33. The average molecular weight is 231 g/mol. The van der Waals surface area contributed by atoms with Gasteiger partial charge in [0.2, 0.25) is 0 Å². The van der Waals surface area contributed by atoms with Crippen molar-refractivity contribution >= 4 is 5.97 Å². The van der Waals surface area contributed by atoms with Gasteiger partial charge in [0.25, 0.3) is 0 Å². The van der Waals surface area contributed by atoms with Gasteiger partial charge in [0.1, 0.15) is 18.2 Å². The van der Waals surface area contributed by atoms with Crippen LogP contribution in [0.3, 0.4) is 0 Å². The van der Waals surface area contributed by atoms with Crippen molar-refractivity contribution in [2.24, 2.45) is 0 Å². The first kappa shape index (κ1) is 10.8. The number of carboxylic acids is 1. The van der Waals surface area contributed by atoms with E-state index in [-0.39, 0.29) is 11.3 Å². The van der Waals surface area contributed by atoms with Crippen molar-refractivity contribution in [3.05, 3.63) is 47.8 Å². The quantitative estimate of drug-likeness (QED) is 0.850. The molecule has 0 bridgehead atoms. The second-order valence-electron chi connectivity index (χ2n) is 3.25. The lowest BCUT2D eigenvalue weighted by molar-refractivity contribution is 0.0691. The van der Waals surface area contributed by atoms with Crippen molar-refractivity contribution in [2.75, 3.05) is 0 Å². The Hall–Kier alpha value is -2.68. The largest absolute Gasteiger partial charge is 0.476 e. The molecule has 17 heavy (non-hydrogen) atoms. The Morgan fingerprint density at radius 3 is 2.82 bits per heavy atom. The summed E-state index contributed by atoms with van der Waals surface area (Å²) in [6, 6.07) is 5.68. The van der Waals surface area contributed by atoms with Crippen LogP contribution in [-0.4, -0.2) is 20.6 Å². The van der Waals surface area contributed by atoms with Gasteiger partial charge in [0.05, 0.1) is 5.56 Å². The standard InChI is InChI=1S/C11H6FN3O2/c12-9-3-8(2-1-7(9)4-13)15-5-10(11(16)17)14-6-15/h1-3,5-6H,(H,16,17). The summed E-state index contributed by atoms with van der Waals surface area (Å²) in [5.74, 6) is -1.81. The zero-order valence-electron chi connectivity index (χ0n) is 8.46. The molecular weight excluding hydrogens is 225 g/mol. The number of imidazole rings is 1. The molecule has 1 heterocycles. The minimum atomic E-state index is -1.15. The summed E-state index contributed by atoms with van der Waals surface area (Å²) in [4.78, 5) is 14.3. The van der Waals surface area contributed by atoms with E-state index < -0.39 is 11.8 Å². The predicted octanol–water partition coefficient (Wildman–Crippen LogP) is 1.58. The maximum Gasteiger partial charge on any atom is 0.356 e. The zero-order chi connectivity index (χ0) is 12.4. The fraction of sp³-hybridized carbons (Fsp3) is 0. The summed E-state index contributed by atoms with van der Waals surface area (Å²) in [6.07, 6.45) is 2.54. The minimum absolute atomic E-state index is 0.0627. The number of hydrogen-bond acceptors (Lipinski definition) is 3. The lowest BCUT2D eigenvalue weighted by Crippen LogP contribution is -1.96. The molecule has 0 atom stereocenters. The second kappa shape index (κ2) is 4.06. The number of hydrogen-bond donors (Lipinski definition) is 1. The van der Waals surface area contributed by atoms with Crippen LogP contribution in [0.2, 0.25) is 0 Å². The van der Waals surface area contributed by atoms with E-state index in [1.807, 2.05) is 0 Å². The lowest BCUT2D eigenvalue weighted by atomic mass is 10.2. The van der Waals surface area contributed by atoms with Crippen molar-refractivity contribution in [2.45, 2.75) is 0 Å². The Bertz CT molecular complexity index is 628. The molecule has 5 nitrogen and oxygen atoms in total. The molecule has 0 unspecified atom stereocenters. The Labute approximate surface area is 95.4 Å². The summed E-state index contributed by atoms with van der Waals surface area (Å²) in [5, 5.41) is 17.3. The van der Waals surface area contributed by atoms with Crippen LogP contribution in [-0.2, 0) is 0 Å². The van der Waals surface area contributed by atoms with Crippen LogP contribution >= 0.6 is 0 Å². The molecule has 0 saturated heterocycles. The van der Waals surface area contributed by atoms with Gasteiger partial charge in [-0.1, -0.05) is 0 Å². The molecule has 0 amide bonds. The second-order valence-corrected chi connectivity index (χ2v) is 3.25. The summed E-state index contributed by atoms with van der Waals surface area (Å²) in [7, 11) is 0. The van der Waals surface area contributed by atoms with Crippen molar-refractivity contribution in [3.8, 4) is 11.8 Å². The van der Waals surface area contributed by atoms with Gasteiger partial charge < -0.3 is 9.67 Å². The van der Waals surface area contributed by atoms with E-state index in [1.54, 1.807) is 6.07 Å². The number of halogens is 1. The SMILES string of the molecule is N#Cc1ccc(-n2cnc(C(=O)O)c2)cc1F. The Balaban J connectivity index is 2.43. The molecular formula is C11H6FN3O2. The van der Waals surface area contributed by atoms with Crippen molar-refractivity contribution in [3.63, 3.8) is 0 Å². The van der Waals surface area contributed by atoms with E-state index >= 15 is 0 Å². The first-order valence-corrected chi connectivity index (χ1v) is 4.59. The van der Waals surface area contributed by atoms with Gasteiger partial charge in [-0.15, -0.1) is 0 Å². The van der Waals surface area contributed by atoms with Crippen LogP contribution in [0, 0.1) is 17.1 Å². The van der Waals surface area contributed by atoms with Gasteiger partial charge in [-0.3, -0.25) is 0 Å². The van der Waals surface area contributed by atoms with Crippen molar-refractivity contribution in [1.82, 2.24) is 9.55 Å². The van der Waals surface area contributed by atoms with Gasteiger partial charge in [-0.05, 0) is 18.2 Å². The predicted molar refractivity (Wildman–Crippen MR) is 55.2 cm³/mol. The van der Waals surface area contributed by atoms with Gasteiger partial charge in [-0.25, -0.2) is 14.2 Å². The van der Waals surface area contributed by atoms with E-state index in [0.717, 1.165) is 6.07 Å². The topological polar surface area (TPSA) is 78.9 Å². The number of benzene rings is 1. The number of aromatic carboxylic acids is 1. The number of aromatic nitrogens is 2. The molecule has 1 aromatic heterocycles. The molecule has 0 aliphatic rings. The highest BCUT2D eigenvalue weighted by Gasteiger charge is 2.09. The van der Waals surface area contributed by atoms with Gasteiger partial charge in [-0.2, -0.15) is 5.26 Å². The normalized spacial score (nSPS) is 9.88. The lowest BCUT2D eigenvalue weighted by Gasteiger charge is -2.02. The van der Waals surface area contributed by atoms with E-state index in [9.17, 15) is 9.18 Å². The van der Waals surface area contributed by atoms with Crippen LogP contribution in [0.25, 0.3) is 5.69 Å². The van der Waals surface area contributed by atoms with Gasteiger partial charge in [0.15, 0.2) is 5.69 Å². The summed E-state index contributed by atoms with van der Waals surface area (Å²) < 4.78 is 14.7. The van der Waals surface area contributed by atoms with E-state index in [2.05, 4.69) is 4.98 Å². The van der Waals surface area contributed by atoms with Crippen LogP contribution in [0.5, 0.6) is 0 Å². The fourth-order valence-corrected chi connectivity index (χ4v) is 1.33. The van der Waals surface area contributed by atoms with Crippen LogP contribution < -0.4 is 0 Å². The highest BCUT2D eigenvalue weighted by atomic mass is 19.1.